The summed E-state index contributed by atoms with van der Waals surface area (Å²) in [5.41, 5.74) is 1.46. The van der Waals surface area contributed by atoms with Crippen LogP contribution in [0.15, 0.2) is 72.8 Å². The molecule has 7 heteroatoms. The smallest absolute Gasteiger partial charge is 0.257 e. The highest BCUT2D eigenvalue weighted by Gasteiger charge is 2.21. The van der Waals surface area contributed by atoms with Gasteiger partial charge in [-0.25, -0.2) is 0 Å². The summed E-state index contributed by atoms with van der Waals surface area (Å²) in [5, 5.41) is 3.71. The van der Waals surface area contributed by atoms with E-state index in [2.05, 4.69) is 5.32 Å². The van der Waals surface area contributed by atoms with Gasteiger partial charge < -0.3 is 10.1 Å². The Kier molecular flexibility index (Phi) is 7.75. The summed E-state index contributed by atoms with van der Waals surface area (Å²) in [7, 11) is 0. The molecule has 4 nitrogen and oxygen atoms in total. The normalized spacial score (nSPS) is 11.6. The van der Waals surface area contributed by atoms with E-state index in [4.69, 9.17) is 39.5 Å². The number of amides is 1. The number of nitrogens with one attached hydrogen (secondary N) is 1. The maximum absolute atomic E-state index is 12.8. The molecule has 1 atom stereocenters. The minimum Gasteiger partial charge on any atom is -0.482 e. The fourth-order valence-corrected chi connectivity index (χ4v) is 3.31. The molecule has 0 saturated heterocycles. The zero-order chi connectivity index (χ0) is 21.5. The standard InChI is InChI=1S/C23H18Cl3NO3/c24-14-13-21(22(28)15-5-7-16(25)8-6-15)30-18-11-9-17(10-12-18)27-23(29)19-3-1-2-4-20(19)26/h1-12,21H,13-14H2,(H,27,29). The van der Waals surface area contributed by atoms with Gasteiger partial charge in [0.2, 0.25) is 5.78 Å². The fraction of sp³-hybridized carbons (Fsp3) is 0.130. The lowest BCUT2D eigenvalue weighted by Crippen LogP contribution is -2.28. The van der Waals surface area contributed by atoms with Crippen molar-refractivity contribution in [3.05, 3.63) is 94.0 Å². The highest BCUT2D eigenvalue weighted by molar-refractivity contribution is 6.34. The second-order valence-corrected chi connectivity index (χ2v) is 7.64. The van der Waals surface area contributed by atoms with Gasteiger partial charge in [-0.2, -0.15) is 0 Å². The van der Waals surface area contributed by atoms with Crippen LogP contribution in [0, 0.1) is 0 Å². The number of carbonyl (C=O) groups excluding carboxylic acids is 2. The van der Waals surface area contributed by atoms with Crippen LogP contribution in [0.5, 0.6) is 5.75 Å². The number of rotatable bonds is 8. The van der Waals surface area contributed by atoms with Crippen LogP contribution in [0.25, 0.3) is 0 Å². The Morgan fingerprint density at radius 3 is 2.20 bits per heavy atom. The third-order valence-electron chi connectivity index (χ3n) is 4.30. The molecular formula is C23H18Cl3NO3. The lowest BCUT2D eigenvalue weighted by atomic mass is 10.0. The van der Waals surface area contributed by atoms with Gasteiger partial charge in [-0.1, -0.05) is 35.3 Å². The summed E-state index contributed by atoms with van der Waals surface area (Å²) in [6.45, 7) is 0. The Labute approximate surface area is 189 Å². The number of halogens is 3. The quantitative estimate of drug-likeness (QED) is 0.307. The van der Waals surface area contributed by atoms with E-state index in [1.807, 2.05) is 0 Å². The third-order valence-corrected chi connectivity index (χ3v) is 5.10. The van der Waals surface area contributed by atoms with Crippen molar-refractivity contribution in [1.29, 1.82) is 0 Å². The molecule has 0 spiro atoms. The van der Waals surface area contributed by atoms with Gasteiger partial charge in [0.1, 0.15) is 5.75 Å². The van der Waals surface area contributed by atoms with E-state index in [0.717, 1.165) is 0 Å². The number of benzene rings is 3. The van der Waals surface area contributed by atoms with Crippen molar-refractivity contribution in [2.75, 3.05) is 11.2 Å². The summed E-state index contributed by atoms with van der Waals surface area (Å²) < 4.78 is 5.86. The molecule has 3 aromatic rings. The summed E-state index contributed by atoms with van der Waals surface area (Å²) in [6.07, 6.45) is -0.374. The number of ether oxygens (including phenoxy) is 1. The Morgan fingerprint density at radius 2 is 1.57 bits per heavy atom. The van der Waals surface area contributed by atoms with Crippen LogP contribution in [-0.2, 0) is 0 Å². The fourth-order valence-electron chi connectivity index (χ4n) is 2.77. The number of anilines is 1. The number of ketones is 1. The largest absolute Gasteiger partial charge is 0.482 e. The second kappa shape index (κ2) is 10.5. The lowest BCUT2D eigenvalue weighted by molar-refractivity contribution is 0.0788. The molecule has 0 saturated carbocycles. The first-order valence-corrected chi connectivity index (χ1v) is 10.5. The average molecular weight is 463 g/mol. The number of Topliss-reactive ketones (excluding diaryl/α,β-unsaturated/α-hetero) is 1. The van der Waals surface area contributed by atoms with Gasteiger partial charge in [0, 0.05) is 28.6 Å². The number of hydrogen-bond donors (Lipinski definition) is 1. The summed E-state index contributed by atoms with van der Waals surface area (Å²) in [6, 6.07) is 20.2. The Hall–Kier alpha value is -2.53. The van der Waals surface area contributed by atoms with Crippen molar-refractivity contribution in [3.8, 4) is 5.75 Å². The SMILES string of the molecule is O=C(Nc1ccc(OC(CCCl)C(=O)c2ccc(Cl)cc2)cc1)c1ccccc1Cl. The minimum atomic E-state index is -0.729. The first kappa shape index (κ1) is 22.2. The predicted octanol–water partition coefficient (Wildman–Crippen LogP) is 6.50. The van der Waals surface area contributed by atoms with E-state index in [1.54, 1.807) is 72.8 Å². The molecular weight excluding hydrogens is 445 g/mol. The van der Waals surface area contributed by atoms with Crippen molar-refractivity contribution < 1.29 is 14.3 Å². The van der Waals surface area contributed by atoms with Gasteiger partial charge in [0.05, 0.1) is 10.6 Å². The summed E-state index contributed by atoms with van der Waals surface area (Å²) in [5.74, 6) is 0.273. The van der Waals surface area contributed by atoms with Crippen LogP contribution in [-0.4, -0.2) is 23.7 Å². The molecule has 1 unspecified atom stereocenters. The highest BCUT2D eigenvalue weighted by Crippen LogP contribution is 2.22. The molecule has 0 aliphatic carbocycles. The molecule has 3 aromatic carbocycles. The molecule has 0 fully saturated rings. The van der Waals surface area contributed by atoms with Crippen LogP contribution in [0.3, 0.4) is 0 Å². The minimum absolute atomic E-state index is 0.177. The van der Waals surface area contributed by atoms with Crippen molar-refractivity contribution in [3.63, 3.8) is 0 Å². The summed E-state index contributed by atoms with van der Waals surface area (Å²) >= 11 is 17.8. The predicted molar refractivity (Wildman–Crippen MR) is 121 cm³/mol. The Balaban J connectivity index is 1.68. The zero-order valence-corrected chi connectivity index (χ0v) is 18.0. The van der Waals surface area contributed by atoms with Gasteiger partial charge in [0.25, 0.3) is 5.91 Å². The number of hydrogen-bond acceptors (Lipinski definition) is 3. The topological polar surface area (TPSA) is 55.4 Å². The van der Waals surface area contributed by atoms with Gasteiger partial charge >= 0.3 is 0 Å². The molecule has 0 aromatic heterocycles. The van der Waals surface area contributed by atoms with Crippen molar-refractivity contribution >= 4 is 52.2 Å². The second-order valence-electron chi connectivity index (χ2n) is 6.41. The van der Waals surface area contributed by atoms with Crippen molar-refractivity contribution in [1.82, 2.24) is 0 Å². The first-order valence-electron chi connectivity index (χ1n) is 9.16. The van der Waals surface area contributed by atoms with Crippen LogP contribution in [0.2, 0.25) is 10.0 Å². The maximum Gasteiger partial charge on any atom is 0.257 e. The maximum atomic E-state index is 12.8. The van der Waals surface area contributed by atoms with E-state index in [9.17, 15) is 9.59 Å². The van der Waals surface area contributed by atoms with Crippen LogP contribution < -0.4 is 10.1 Å². The Morgan fingerprint density at radius 1 is 0.900 bits per heavy atom. The highest BCUT2D eigenvalue weighted by atomic mass is 35.5. The van der Waals surface area contributed by atoms with Crippen LogP contribution in [0.4, 0.5) is 5.69 Å². The first-order chi connectivity index (χ1) is 14.5. The third kappa shape index (κ3) is 5.76. The van der Waals surface area contributed by atoms with Gasteiger partial charge in [-0.15, -0.1) is 11.6 Å². The number of carbonyl (C=O) groups is 2. The van der Waals surface area contributed by atoms with Crippen molar-refractivity contribution in [2.45, 2.75) is 12.5 Å². The molecule has 30 heavy (non-hydrogen) atoms. The molecule has 0 aliphatic heterocycles. The van der Waals surface area contributed by atoms with Gasteiger partial charge in [-0.3, -0.25) is 9.59 Å². The van der Waals surface area contributed by atoms with E-state index in [-0.39, 0.29) is 17.6 Å². The molecule has 154 valence electrons. The van der Waals surface area contributed by atoms with E-state index in [1.165, 1.54) is 0 Å². The molecule has 0 bridgehead atoms. The lowest BCUT2D eigenvalue weighted by Gasteiger charge is -2.18. The van der Waals surface area contributed by atoms with Crippen LogP contribution in [0.1, 0.15) is 27.1 Å². The van der Waals surface area contributed by atoms with Gasteiger partial charge in [-0.05, 0) is 60.7 Å². The molecule has 0 heterocycles. The average Bonchev–Trinajstić information content (AvgIpc) is 2.75. The molecule has 3 rings (SSSR count). The zero-order valence-electron chi connectivity index (χ0n) is 15.8. The summed E-state index contributed by atoms with van der Waals surface area (Å²) in [4.78, 5) is 25.1. The Bertz CT molecular complexity index is 1020. The monoisotopic (exact) mass is 461 g/mol. The van der Waals surface area contributed by atoms with Crippen LogP contribution >= 0.6 is 34.8 Å². The molecule has 0 aliphatic rings. The van der Waals surface area contributed by atoms with E-state index >= 15 is 0 Å². The number of alkyl halides is 1. The van der Waals surface area contributed by atoms with E-state index in [0.29, 0.717) is 39.0 Å². The molecule has 1 N–H and O–H groups in total. The van der Waals surface area contributed by atoms with E-state index < -0.39 is 6.10 Å². The van der Waals surface area contributed by atoms with Gasteiger partial charge in [0.15, 0.2) is 6.10 Å². The molecule has 0 radical (unpaired) electrons. The van der Waals surface area contributed by atoms with Crippen molar-refractivity contribution in [2.24, 2.45) is 0 Å². The molecule has 1 amide bonds.